The molecule has 2 aromatic rings. The Hall–Kier alpha value is -2.09. The molecule has 2 rings (SSSR count). The van der Waals surface area contributed by atoms with Crippen LogP contribution in [-0.4, -0.2) is 10.1 Å². The molecule has 0 amide bonds. The summed E-state index contributed by atoms with van der Waals surface area (Å²) < 4.78 is 10.5. The minimum Gasteiger partial charge on any atom is -0.469 e. The lowest BCUT2D eigenvalue weighted by molar-refractivity contribution is 0.266. The smallest absolute Gasteiger partial charge is 0.227 e. The Morgan fingerprint density at radius 1 is 1.47 bits per heavy atom. The van der Waals surface area contributed by atoms with Crippen molar-refractivity contribution in [3.05, 3.63) is 24.0 Å². The molecule has 0 spiro atoms. The molecule has 5 nitrogen and oxygen atoms in total. The van der Waals surface area contributed by atoms with Crippen molar-refractivity contribution in [1.82, 2.24) is 10.1 Å². The molecule has 2 aromatic heterocycles. The molecule has 19 heavy (non-hydrogen) atoms. The predicted molar refractivity (Wildman–Crippen MR) is 69.1 cm³/mol. The summed E-state index contributed by atoms with van der Waals surface area (Å²) in [5.41, 5.74) is 0.720. The molecule has 0 aliphatic carbocycles. The summed E-state index contributed by atoms with van der Waals surface area (Å²) in [7, 11) is 0. The first kappa shape index (κ1) is 13.3. The van der Waals surface area contributed by atoms with Crippen molar-refractivity contribution in [3.8, 4) is 17.5 Å². The van der Waals surface area contributed by atoms with Gasteiger partial charge >= 0.3 is 0 Å². The summed E-state index contributed by atoms with van der Waals surface area (Å²) in [6, 6.07) is 4.04. The molecule has 0 N–H and O–H groups in total. The van der Waals surface area contributed by atoms with Gasteiger partial charge in [0, 0.05) is 12.8 Å². The first-order chi connectivity index (χ1) is 9.08. The molecule has 1 atom stereocenters. The molecule has 0 saturated heterocycles. The van der Waals surface area contributed by atoms with E-state index in [1.54, 1.807) is 6.26 Å². The summed E-state index contributed by atoms with van der Waals surface area (Å²) in [5.74, 6) is 1.87. The lowest BCUT2D eigenvalue weighted by Crippen LogP contribution is -2.18. The first-order valence-corrected chi connectivity index (χ1v) is 6.32. The third-order valence-electron chi connectivity index (χ3n) is 3.51. The molecule has 0 aliphatic heterocycles. The second-order valence-corrected chi connectivity index (χ2v) is 5.08. The fourth-order valence-electron chi connectivity index (χ4n) is 1.92. The SMILES string of the molecule is CCC(C)(CC#N)Cc1nc(-c2ccoc2C)no1. The molecule has 0 radical (unpaired) electrons. The molecule has 0 aromatic carbocycles. The summed E-state index contributed by atoms with van der Waals surface area (Å²) in [6.45, 7) is 5.98. The average molecular weight is 259 g/mol. The lowest BCUT2D eigenvalue weighted by atomic mass is 9.81. The largest absolute Gasteiger partial charge is 0.469 e. The monoisotopic (exact) mass is 259 g/mol. The van der Waals surface area contributed by atoms with E-state index in [1.807, 2.05) is 13.0 Å². The van der Waals surface area contributed by atoms with Crippen molar-refractivity contribution in [3.63, 3.8) is 0 Å². The van der Waals surface area contributed by atoms with E-state index in [9.17, 15) is 0 Å². The Morgan fingerprint density at radius 3 is 2.84 bits per heavy atom. The van der Waals surface area contributed by atoms with Crippen LogP contribution in [0.2, 0.25) is 0 Å². The molecular formula is C14H17N3O2. The average Bonchev–Trinajstić information content (AvgIpc) is 2.98. The van der Waals surface area contributed by atoms with Crippen molar-refractivity contribution in [2.75, 3.05) is 0 Å². The van der Waals surface area contributed by atoms with Crippen molar-refractivity contribution >= 4 is 0 Å². The molecular weight excluding hydrogens is 242 g/mol. The van der Waals surface area contributed by atoms with Crippen molar-refractivity contribution in [1.29, 1.82) is 5.26 Å². The number of nitriles is 1. The molecule has 100 valence electrons. The highest BCUT2D eigenvalue weighted by Gasteiger charge is 2.26. The zero-order valence-electron chi connectivity index (χ0n) is 11.4. The van der Waals surface area contributed by atoms with Gasteiger partial charge in [-0.3, -0.25) is 0 Å². The fraction of sp³-hybridized carbons (Fsp3) is 0.500. The molecule has 1 unspecified atom stereocenters. The van der Waals surface area contributed by atoms with Crippen LogP contribution in [0.5, 0.6) is 0 Å². The molecule has 2 heterocycles. The van der Waals surface area contributed by atoms with E-state index in [2.05, 4.69) is 30.1 Å². The number of hydrogen-bond acceptors (Lipinski definition) is 5. The van der Waals surface area contributed by atoms with E-state index in [1.165, 1.54) is 0 Å². The zero-order valence-corrected chi connectivity index (χ0v) is 11.4. The van der Waals surface area contributed by atoms with Crippen molar-refractivity contribution in [2.45, 2.75) is 40.0 Å². The number of aromatic nitrogens is 2. The number of aryl methyl sites for hydroxylation is 1. The van der Waals surface area contributed by atoms with Crippen molar-refractivity contribution in [2.24, 2.45) is 5.41 Å². The molecule has 0 saturated carbocycles. The fourth-order valence-corrected chi connectivity index (χ4v) is 1.92. The van der Waals surface area contributed by atoms with Crippen LogP contribution in [0.15, 0.2) is 21.3 Å². The highest BCUT2D eigenvalue weighted by atomic mass is 16.5. The van der Waals surface area contributed by atoms with Gasteiger partial charge in [0.25, 0.3) is 0 Å². The minimum atomic E-state index is -0.121. The van der Waals surface area contributed by atoms with Gasteiger partial charge in [-0.15, -0.1) is 0 Å². The standard InChI is InChI=1S/C14H17N3O2/c1-4-14(3,6-7-15)9-12-16-13(17-19-12)11-5-8-18-10(11)2/h5,8H,4,6,9H2,1-3H3. The Bertz CT molecular complexity index is 594. The summed E-state index contributed by atoms with van der Waals surface area (Å²) in [4.78, 5) is 4.38. The summed E-state index contributed by atoms with van der Waals surface area (Å²) in [6.07, 6.45) is 3.59. The maximum Gasteiger partial charge on any atom is 0.227 e. The van der Waals surface area contributed by atoms with E-state index in [-0.39, 0.29) is 5.41 Å². The van der Waals surface area contributed by atoms with Crippen LogP contribution in [0, 0.1) is 23.7 Å². The Balaban J connectivity index is 2.18. The number of hydrogen-bond donors (Lipinski definition) is 0. The summed E-state index contributed by atoms with van der Waals surface area (Å²) in [5, 5.41) is 12.8. The zero-order chi connectivity index (χ0) is 13.9. The van der Waals surface area contributed by atoms with E-state index in [4.69, 9.17) is 14.2 Å². The number of furan rings is 1. The summed E-state index contributed by atoms with van der Waals surface area (Å²) >= 11 is 0. The van der Waals surface area contributed by atoms with Crippen LogP contribution in [-0.2, 0) is 6.42 Å². The third-order valence-corrected chi connectivity index (χ3v) is 3.51. The van der Waals surface area contributed by atoms with Gasteiger partial charge < -0.3 is 8.94 Å². The second kappa shape index (κ2) is 5.27. The van der Waals surface area contributed by atoms with Crippen LogP contribution < -0.4 is 0 Å². The van der Waals surface area contributed by atoms with Crippen LogP contribution >= 0.6 is 0 Å². The first-order valence-electron chi connectivity index (χ1n) is 6.32. The quantitative estimate of drug-likeness (QED) is 0.821. The van der Waals surface area contributed by atoms with Crippen LogP contribution in [0.4, 0.5) is 0 Å². The molecule has 0 bridgehead atoms. The van der Waals surface area contributed by atoms with Gasteiger partial charge in [0.15, 0.2) is 0 Å². The highest BCUT2D eigenvalue weighted by molar-refractivity contribution is 5.56. The predicted octanol–water partition coefficient (Wildman–Crippen LogP) is 3.51. The molecule has 0 fully saturated rings. The number of rotatable bonds is 5. The van der Waals surface area contributed by atoms with Crippen molar-refractivity contribution < 1.29 is 8.94 Å². The maximum atomic E-state index is 8.87. The number of nitrogens with zero attached hydrogens (tertiary/aromatic N) is 3. The van der Waals surface area contributed by atoms with Gasteiger partial charge in [0.2, 0.25) is 11.7 Å². The van der Waals surface area contributed by atoms with Crippen LogP contribution in [0.1, 0.15) is 38.3 Å². The highest BCUT2D eigenvalue weighted by Crippen LogP contribution is 2.30. The van der Waals surface area contributed by atoms with Gasteiger partial charge in [-0.05, 0) is 24.8 Å². The van der Waals surface area contributed by atoms with Crippen LogP contribution in [0.3, 0.4) is 0 Å². The van der Waals surface area contributed by atoms with E-state index < -0.39 is 0 Å². The van der Waals surface area contributed by atoms with E-state index in [0.29, 0.717) is 24.6 Å². The van der Waals surface area contributed by atoms with Gasteiger partial charge in [-0.2, -0.15) is 10.2 Å². The Kier molecular flexibility index (Phi) is 3.70. The Morgan fingerprint density at radius 2 is 2.26 bits per heavy atom. The van der Waals surface area contributed by atoms with Gasteiger partial charge in [-0.1, -0.05) is 19.0 Å². The van der Waals surface area contributed by atoms with E-state index >= 15 is 0 Å². The van der Waals surface area contributed by atoms with Gasteiger partial charge in [0.05, 0.1) is 17.9 Å². The van der Waals surface area contributed by atoms with Gasteiger partial charge in [0.1, 0.15) is 5.76 Å². The molecule has 0 aliphatic rings. The van der Waals surface area contributed by atoms with Gasteiger partial charge in [-0.25, -0.2) is 0 Å². The second-order valence-electron chi connectivity index (χ2n) is 5.08. The molecule has 5 heteroatoms. The Labute approximate surface area is 112 Å². The normalized spacial score (nSPS) is 14.0. The minimum absolute atomic E-state index is 0.121. The maximum absolute atomic E-state index is 8.87. The van der Waals surface area contributed by atoms with E-state index in [0.717, 1.165) is 17.7 Å². The van der Waals surface area contributed by atoms with Crippen LogP contribution in [0.25, 0.3) is 11.4 Å². The lowest BCUT2D eigenvalue weighted by Gasteiger charge is -2.22. The third kappa shape index (κ3) is 2.84. The topological polar surface area (TPSA) is 75.8 Å².